The fourth-order valence-electron chi connectivity index (χ4n) is 0.999. The first-order valence-electron chi connectivity index (χ1n) is 3.05. The summed E-state index contributed by atoms with van der Waals surface area (Å²) < 4.78 is 0. The monoisotopic (exact) mass is 159 g/mol. The molecule has 0 radical (unpaired) electrons. The van der Waals surface area contributed by atoms with E-state index in [-0.39, 0.29) is 17.1 Å². The molecule has 1 aliphatic rings. The molecule has 0 atom stereocenters. The van der Waals surface area contributed by atoms with Crippen LogP contribution in [0.15, 0.2) is 11.6 Å². The Kier molecular flexibility index (Phi) is 4.30. The Hall–Kier alpha value is 0.259. The van der Waals surface area contributed by atoms with E-state index in [4.69, 9.17) is 0 Å². The Morgan fingerprint density at radius 3 is 2.38 bits per heavy atom. The van der Waals surface area contributed by atoms with Crippen molar-refractivity contribution in [3.63, 3.8) is 0 Å². The SMILES string of the molecule is CC1=CCCCC1.[Cu+]. The van der Waals surface area contributed by atoms with E-state index in [9.17, 15) is 0 Å². The third-order valence-electron chi connectivity index (χ3n) is 1.52. The first kappa shape index (κ1) is 8.26. The molecule has 0 bridgehead atoms. The summed E-state index contributed by atoms with van der Waals surface area (Å²) in [6, 6.07) is 0. The van der Waals surface area contributed by atoms with Crippen LogP contribution in [0, 0.1) is 0 Å². The second-order valence-electron chi connectivity index (χ2n) is 2.30. The van der Waals surface area contributed by atoms with Crippen molar-refractivity contribution >= 4 is 0 Å². The van der Waals surface area contributed by atoms with Crippen molar-refractivity contribution in [2.24, 2.45) is 0 Å². The molecule has 0 spiro atoms. The van der Waals surface area contributed by atoms with Gasteiger partial charge in [0.1, 0.15) is 0 Å². The zero-order valence-corrected chi connectivity index (χ0v) is 6.15. The average molecular weight is 160 g/mol. The second kappa shape index (κ2) is 4.17. The van der Waals surface area contributed by atoms with Gasteiger partial charge < -0.3 is 0 Å². The smallest absolute Gasteiger partial charge is 0.0856 e. The summed E-state index contributed by atoms with van der Waals surface area (Å²) in [6.45, 7) is 2.22. The fraction of sp³-hybridized carbons (Fsp3) is 0.714. The minimum atomic E-state index is 0. The van der Waals surface area contributed by atoms with Crippen LogP contribution >= 0.6 is 0 Å². The fourth-order valence-corrected chi connectivity index (χ4v) is 0.999. The molecule has 0 heterocycles. The van der Waals surface area contributed by atoms with Gasteiger partial charge in [-0.2, -0.15) is 0 Å². The van der Waals surface area contributed by atoms with E-state index in [0.717, 1.165) is 0 Å². The van der Waals surface area contributed by atoms with E-state index >= 15 is 0 Å². The Morgan fingerprint density at radius 1 is 1.38 bits per heavy atom. The Morgan fingerprint density at radius 2 is 2.12 bits per heavy atom. The summed E-state index contributed by atoms with van der Waals surface area (Å²) >= 11 is 0. The maximum atomic E-state index is 2.35. The van der Waals surface area contributed by atoms with E-state index in [1.54, 1.807) is 5.57 Å². The molecular weight excluding hydrogens is 148 g/mol. The summed E-state index contributed by atoms with van der Waals surface area (Å²) in [6.07, 6.45) is 7.86. The third-order valence-corrected chi connectivity index (χ3v) is 1.52. The minimum absolute atomic E-state index is 0. The van der Waals surface area contributed by atoms with Crippen molar-refractivity contribution in [1.29, 1.82) is 0 Å². The molecule has 0 aliphatic heterocycles. The quantitative estimate of drug-likeness (QED) is 0.377. The van der Waals surface area contributed by atoms with Gasteiger partial charge in [-0.15, -0.1) is 0 Å². The van der Waals surface area contributed by atoms with E-state index in [1.165, 1.54) is 25.7 Å². The average Bonchev–Trinajstić information content (AvgIpc) is 1.69. The molecule has 0 aromatic rings. The van der Waals surface area contributed by atoms with Crippen LogP contribution in [-0.2, 0) is 17.1 Å². The van der Waals surface area contributed by atoms with Gasteiger partial charge in [0.2, 0.25) is 0 Å². The van der Waals surface area contributed by atoms with Crippen molar-refractivity contribution in [3.05, 3.63) is 11.6 Å². The second-order valence-corrected chi connectivity index (χ2v) is 2.30. The molecule has 0 aromatic heterocycles. The van der Waals surface area contributed by atoms with E-state index in [0.29, 0.717) is 0 Å². The molecule has 0 aromatic carbocycles. The first-order chi connectivity index (χ1) is 3.39. The normalized spacial score (nSPS) is 18.9. The summed E-state index contributed by atoms with van der Waals surface area (Å²) in [5.41, 5.74) is 1.59. The predicted octanol–water partition coefficient (Wildman–Crippen LogP) is 2.50. The molecule has 0 fully saturated rings. The van der Waals surface area contributed by atoms with Crippen molar-refractivity contribution in [3.8, 4) is 0 Å². The zero-order valence-electron chi connectivity index (χ0n) is 5.21. The van der Waals surface area contributed by atoms with Crippen LogP contribution in [0.5, 0.6) is 0 Å². The summed E-state index contributed by atoms with van der Waals surface area (Å²) in [5.74, 6) is 0. The van der Waals surface area contributed by atoms with Crippen molar-refractivity contribution in [2.45, 2.75) is 32.6 Å². The summed E-state index contributed by atoms with van der Waals surface area (Å²) in [5, 5.41) is 0. The Labute approximate surface area is 61.8 Å². The minimum Gasteiger partial charge on any atom is -0.0856 e. The Balaban J connectivity index is 0.000000490. The predicted molar refractivity (Wildman–Crippen MR) is 32.2 cm³/mol. The molecule has 0 saturated heterocycles. The van der Waals surface area contributed by atoms with Crippen LogP contribution in [0.1, 0.15) is 32.6 Å². The molecule has 0 saturated carbocycles. The van der Waals surface area contributed by atoms with Gasteiger partial charge in [-0.25, -0.2) is 0 Å². The molecule has 50 valence electrons. The van der Waals surface area contributed by atoms with Crippen LogP contribution < -0.4 is 0 Å². The molecule has 1 aliphatic carbocycles. The van der Waals surface area contributed by atoms with Crippen molar-refractivity contribution < 1.29 is 17.1 Å². The van der Waals surface area contributed by atoms with Gasteiger partial charge in [0, 0.05) is 0 Å². The topological polar surface area (TPSA) is 0 Å². The van der Waals surface area contributed by atoms with Gasteiger partial charge in [-0.1, -0.05) is 11.6 Å². The molecule has 1 rings (SSSR count). The number of allylic oxidation sites excluding steroid dienone is 2. The van der Waals surface area contributed by atoms with Gasteiger partial charge in [0.15, 0.2) is 0 Å². The number of rotatable bonds is 0. The van der Waals surface area contributed by atoms with Crippen LogP contribution in [0.2, 0.25) is 0 Å². The molecule has 0 nitrogen and oxygen atoms in total. The van der Waals surface area contributed by atoms with Crippen molar-refractivity contribution in [2.75, 3.05) is 0 Å². The van der Waals surface area contributed by atoms with E-state index < -0.39 is 0 Å². The maximum absolute atomic E-state index is 2.35. The third kappa shape index (κ3) is 2.54. The molecule has 8 heavy (non-hydrogen) atoms. The van der Waals surface area contributed by atoms with Crippen LogP contribution in [0.25, 0.3) is 0 Å². The molecule has 0 amide bonds. The van der Waals surface area contributed by atoms with Crippen molar-refractivity contribution in [1.82, 2.24) is 0 Å². The van der Waals surface area contributed by atoms with Crippen LogP contribution in [0.4, 0.5) is 0 Å². The summed E-state index contributed by atoms with van der Waals surface area (Å²) in [4.78, 5) is 0. The molecule has 1 heteroatoms. The van der Waals surface area contributed by atoms with E-state index in [1.807, 2.05) is 0 Å². The molecular formula is C7H12Cu+. The standard InChI is InChI=1S/C7H12.Cu/c1-7-5-3-2-4-6-7;/h5H,2-4,6H2,1H3;/q;+1. The van der Waals surface area contributed by atoms with E-state index in [2.05, 4.69) is 13.0 Å². The van der Waals surface area contributed by atoms with Crippen LogP contribution in [0.3, 0.4) is 0 Å². The first-order valence-corrected chi connectivity index (χ1v) is 3.05. The van der Waals surface area contributed by atoms with Gasteiger partial charge >= 0.3 is 17.1 Å². The number of hydrogen-bond acceptors (Lipinski definition) is 0. The molecule has 0 N–H and O–H groups in total. The number of hydrogen-bond donors (Lipinski definition) is 0. The zero-order chi connectivity index (χ0) is 5.11. The largest absolute Gasteiger partial charge is 1.00 e. The van der Waals surface area contributed by atoms with Crippen LogP contribution in [-0.4, -0.2) is 0 Å². The molecule has 0 unspecified atom stereocenters. The van der Waals surface area contributed by atoms with Gasteiger partial charge in [-0.05, 0) is 32.6 Å². The van der Waals surface area contributed by atoms with Gasteiger partial charge in [-0.3, -0.25) is 0 Å². The maximum Gasteiger partial charge on any atom is 1.00 e. The summed E-state index contributed by atoms with van der Waals surface area (Å²) in [7, 11) is 0. The van der Waals surface area contributed by atoms with Gasteiger partial charge in [0.25, 0.3) is 0 Å². The Bertz CT molecular complexity index is 84.4. The van der Waals surface area contributed by atoms with Gasteiger partial charge in [0.05, 0.1) is 0 Å².